The van der Waals surface area contributed by atoms with E-state index in [9.17, 15) is 9.90 Å². The van der Waals surface area contributed by atoms with Crippen molar-refractivity contribution in [1.29, 1.82) is 0 Å². The molecule has 5 aliphatic rings. The number of thiazole rings is 1. The maximum atomic E-state index is 13.4. The molecule has 7 rings (SSSR count). The Morgan fingerprint density at radius 3 is 2.55 bits per heavy atom. The normalized spacial score (nSPS) is 31.7. The number of para-hydroxylation sites is 1. The number of aromatic nitrogens is 1. The molecule has 5 nitrogen and oxygen atoms in total. The van der Waals surface area contributed by atoms with Gasteiger partial charge in [0.1, 0.15) is 0 Å². The van der Waals surface area contributed by atoms with Crippen molar-refractivity contribution in [2.24, 2.45) is 28.2 Å². The van der Waals surface area contributed by atoms with Gasteiger partial charge in [-0.1, -0.05) is 29.5 Å². The van der Waals surface area contributed by atoms with Crippen LogP contribution in [0.2, 0.25) is 0 Å². The van der Waals surface area contributed by atoms with Gasteiger partial charge in [-0.25, -0.2) is 0 Å². The number of aromatic hydroxyl groups is 1. The summed E-state index contributed by atoms with van der Waals surface area (Å²) >= 11 is 6.82. The number of fused-ring (bicyclic) bond motifs is 1. The van der Waals surface area contributed by atoms with Crippen molar-refractivity contribution < 1.29 is 9.90 Å². The Morgan fingerprint density at radius 1 is 1.23 bits per heavy atom. The lowest BCUT2D eigenvalue weighted by atomic mass is 9.49. The summed E-state index contributed by atoms with van der Waals surface area (Å²) in [5.41, 5.74) is 6.56. The Labute approximate surface area is 190 Å². The largest absolute Gasteiger partial charge is 0.492 e. The maximum Gasteiger partial charge on any atom is 0.245 e. The fourth-order valence-corrected chi connectivity index (χ4v) is 7.90. The number of carbonyl (C=O) groups is 1. The van der Waals surface area contributed by atoms with Gasteiger partial charge in [-0.05, 0) is 87.6 Å². The molecule has 4 aliphatic carbocycles. The van der Waals surface area contributed by atoms with Gasteiger partial charge >= 0.3 is 0 Å². The van der Waals surface area contributed by atoms with Crippen LogP contribution >= 0.6 is 23.6 Å². The molecule has 0 unspecified atom stereocenters. The quantitative estimate of drug-likeness (QED) is 0.570. The summed E-state index contributed by atoms with van der Waals surface area (Å²) in [6.45, 7) is 1.97. The van der Waals surface area contributed by atoms with Crippen LogP contribution in [0.4, 0.5) is 5.69 Å². The third-order valence-corrected chi connectivity index (χ3v) is 9.00. The molecule has 7 heteroatoms. The summed E-state index contributed by atoms with van der Waals surface area (Å²) in [6, 6.07) is 7.97. The first-order chi connectivity index (χ1) is 14.9. The van der Waals surface area contributed by atoms with Gasteiger partial charge in [0.25, 0.3) is 0 Å². The average molecular weight is 452 g/mol. The van der Waals surface area contributed by atoms with Gasteiger partial charge in [-0.2, -0.15) is 4.68 Å². The minimum absolute atomic E-state index is 0.00207. The fraction of sp³-hybridized carbons (Fsp3) is 0.458. The number of amides is 1. The lowest BCUT2D eigenvalue weighted by molar-refractivity contribution is -0.141. The van der Waals surface area contributed by atoms with E-state index in [-0.39, 0.29) is 17.2 Å². The molecular formula is C24H25N3O2S2. The van der Waals surface area contributed by atoms with Crippen molar-refractivity contribution >= 4 is 52.5 Å². The van der Waals surface area contributed by atoms with E-state index in [0.29, 0.717) is 26.6 Å². The number of aliphatic imine (C=N–C) groups is 1. The molecule has 1 aromatic heterocycles. The van der Waals surface area contributed by atoms with Crippen molar-refractivity contribution in [1.82, 2.24) is 4.68 Å². The third-order valence-electron chi connectivity index (χ3n) is 7.69. The lowest BCUT2D eigenvalue weighted by Gasteiger charge is -2.55. The number of hydrogen-bond donors (Lipinski definition) is 2. The first-order valence-electron chi connectivity index (χ1n) is 11.0. The van der Waals surface area contributed by atoms with Crippen molar-refractivity contribution in [2.45, 2.75) is 45.4 Å². The van der Waals surface area contributed by atoms with Crippen LogP contribution in [0, 0.1) is 27.1 Å². The molecule has 1 amide bonds. The zero-order valence-electron chi connectivity index (χ0n) is 17.4. The van der Waals surface area contributed by atoms with Crippen LogP contribution in [0.5, 0.6) is 5.88 Å². The first-order valence-corrected chi connectivity index (χ1v) is 12.3. The molecule has 2 heterocycles. The second-order valence-corrected chi connectivity index (χ2v) is 11.5. The number of hydrogen-bond acceptors (Lipinski definition) is 5. The number of nitrogens with zero attached hydrogens (tertiary/aromatic N) is 2. The minimum atomic E-state index is -0.288. The maximum absolute atomic E-state index is 13.4. The zero-order chi connectivity index (χ0) is 21.3. The van der Waals surface area contributed by atoms with Gasteiger partial charge in [0.05, 0.1) is 16.0 Å². The highest BCUT2D eigenvalue weighted by atomic mass is 32.1. The summed E-state index contributed by atoms with van der Waals surface area (Å²) in [5, 5.41) is 10.9. The third kappa shape index (κ3) is 3.04. The van der Waals surface area contributed by atoms with Gasteiger partial charge in [0, 0.05) is 16.8 Å². The molecule has 31 heavy (non-hydrogen) atoms. The highest BCUT2D eigenvalue weighted by Gasteiger charge is 2.54. The van der Waals surface area contributed by atoms with Crippen LogP contribution in [0.1, 0.15) is 55.9 Å². The van der Waals surface area contributed by atoms with Gasteiger partial charge in [-0.3, -0.25) is 15.2 Å². The highest BCUT2D eigenvalue weighted by Crippen LogP contribution is 2.60. The Kier molecular flexibility index (Phi) is 4.31. The molecule has 0 saturated heterocycles. The first kappa shape index (κ1) is 19.4. The number of benzene rings is 1. The van der Waals surface area contributed by atoms with Gasteiger partial charge in [-0.15, -0.1) is 0 Å². The highest BCUT2D eigenvalue weighted by molar-refractivity contribution is 7.73. The lowest BCUT2D eigenvalue weighted by Crippen LogP contribution is -2.52. The zero-order valence-corrected chi connectivity index (χ0v) is 19.1. The number of nitrogens with one attached hydrogen (secondary N) is 1. The Bertz CT molecular complexity index is 1180. The molecule has 0 radical (unpaired) electrons. The molecule has 160 valence electrons. The van der Waals surface area contributed by atoms with E-state index in [2.05, 4.69) is 10.4 Å². The van der Waals surface area contributed by atoms with Gasteiger partial charge in [0.15, 0.2) is 3.95 Å². The molecule has 0 atom stereocenters. The van der Waals surface area contributed by atoms with Crippen molar-refractivity contribution in [3.8, 4) is 5.88 Å². The topological polar surface area (TPSA) is 66.6 Å². The molecule has 1 aliphatic heterocycles. The van der Waals surface area contributed by atoms with Crippen molar-refractivity contribution in [2.75, 3.05) is 5.43 Å². The Balaban J connectivity index is 1.31. The number of allylic oxidation sites excluding steroid dienone is 1. The van der Waals surface area contributed by atoms with E-state index in [0.717, 1.165) is 41.8 Å². The molecule has 4 bridgehead atoms. The van der Waals surface area contributed by atoms with Crippen LogP contribution in [0.3, 0.4) is 0 Å². The van der Waals surface area contributed by atoms with Crippen LogP contribution in [0.15, 0.2) is 29.3 Å². The standard InChI is InChI=1S/C24H25N3O2S2/c1-13-18(17-4-2-3-5-19(17)25-13)9-20-21(28)27(23(30)31-20)26-22(29)24-10-14-6-15(11-24)8-16(7-14)12-24/h2-5,9,14-16,28H,6-8,10-12H2,1H3,(H,26,29)/b18-9-. The second-order valence-electron chi connectivity index (χ2n) is 9.80. The second kappa shape index (κ2) is 6.87. The van der Waals surface area contributed by atoms with Gasteiger partial charge < -0.3 is 5.11 Å². The van der Waals surface area contributed by atoms with Crippen LogP contribution in [-0.2, 0) is 4.79 Å². The predicted octanol–water partition coefficient (Wildman–Crippen LogP) is 5.92. The van der Waals surface area contributed by atoms with Crippen LogP contribution in [-0.4, -0.2) is 21.4 Å². The summed E-state index contributed by atoms with van der Waals surface area (Å²) < 4.78 is 1.85. The predicted molar refractivity (Wildman–Crippen MR) is 127 cm³/mol. The molecular weight excluding hydrogens is 426 g/mol. The summed E-state index contributed by atoms with van der Waals surface area (Å²) in [5.74, 6) is 2.08. The smallest absolute Gasteiger partial charge is 0.245 e. The molecule has 2 N–H and O–H groups in total. The number of rotatable bonds is 3. The average Bonchev–Trinajstić information content (AvgIpc) is 3.18. The molecule has 1 aromatic carbocycles. The van der Waals surface area contributed by atoms with E-state index in [1.54, 1.807) is 0 Å². The van der Waals surface area contributed by atoms with E-state index < -0.39 is 0 Å². The van der Waals surface area contributed by atoms with E-state index in [1.807, 2.05) is 37.3 Å². The van der Waals surface area contributed by atoms with E-state index in [4.69, 9.17) is 12.2 Å². The summed E-state index contributed by atoms with van der Waals surface area (Å²) in [6.07, 6.45) is 8.72. The van der Waals surface area contributed by atoms with E-state index in [1.165, 1.54) is 35.3 Å². The Hall–Kier alpha value is -2.25. The van der Waals surface area contributed by atoms with Crippen LogP contribution in [0.25, 0.3) is 11.6 Å². The molecule has 0 spiro atoms. The monoisotopic (exact) mass is 451 g/mol. The SMILES string of the molecule is CC1=Nc2ccccc2/C1=C\c1sc(=S)n(NC(=O)C23CC4CC(CC(C4)C2)C3)c1O. The molecule has 4 fully saturated rings. The van der Waals surface area contributed by atoms with Gasteiger partial charge in [0.2, 0.25) is 11.8 Å². The van der Waals surface area contributed by atoms with Crippen molar-refractivity contribution in [3.05, 3.63) is 38.7 Å². The molecule has 2 aromatic rings. The van der Waals surface area contributed by atoms with Crippen LogP contribution < -0.4 is 5.43 Å². The van der Waals surface area contributed by atoms with Crippen molar-refractivity contribution in [3.63, 3.8) is 0 Å². The summed E-state index contributed by atoms with van der Waals surface area (Å²) in [7, 11) is 0. The number of carbonyl (C=O) groups excluding carboxylic acids is 1. The summed E-state index contributed by atoms with van der Waals surface area (Å²) in [4.78, 5) is 18.7. The molecule has 4 saturated carbocycles. The Morgan fingerprint density at radius 2 is 1.87 bits per heavy atom. The minimum Gasteiger partial charge on any atom is -0.492 e. The fourth-order valence-electron chi connectivity index (χ4n) is 6.73. The van der Waals surface area contributed by atoms with E-state index >= 15 is 0 Å².